The van der Waals surface area contributed by atoms with Crippen molar-refractivity contribution in [2.24, 2.45) is 5.92 Å². The number of nitrogens with one attached hydrogen (secondary N) is 1. The predicted molar refractivity (Wildman–Crippen MR) is 77.9 cm³/mol. The molecule has 6 nitrogen and oxygen atoms in total. The van der Waals surface area contributed by atoms with E-state index in [9.17, 15) is 5.11 Å². The molecule has 0 spiro atoms. The highest BCUT2D eigenvalue weighted by Crippen LogP contribution is 2.18. The molecule has 0 radical (unpaired) electrons. The van der Waals surface area contributed by atoms with E-state index >= 15 is 0 Å². The quantitative estimate of drug-likeness (QED) is 0.810. The zero-order valence-corrected chi connectivity index (χ0v) is 12.2. The summed E-state index contributed by atoms with van der Waals surface area (Å²) in [6.07, 6.45) is 3.74. The van der Waals surface area contributed by atoms with E-state index in [0.29, 0.717) is 17.7 Å². The third-order valence-electron chi connectivity index (χ3n) is 3.62. The smallest absolute Gasteiger partial charge is 0.225 e. The number of β-amino-alcohol motifs (C(OH)–C–C–N with tert-alkyl or cyclic N) is 1. The molecule has 1 aromatic heterocycles. The Hall–Kier alpha value is -1.40. The lowest BCUT2D eigenvalue weighted by atomic mass is 9.96. The summed E-state index contributed by atoms with van der Waals surface area (Å²) < 4.78 is 5.08. The molecule has 0 unspecified atom stereocenters. The van der Waals surface area contributed by atoms with Crippen LogP contribution in [0.5, 0.6) is 5.88 Å². The summed E-state index contributed by atoms with van der Waals surface area (Å²) in [7, 11) is 1.60. The third kappa shape index (κ3) is 4.61. The minimum atomic E-state index is -0.241. The van der Waals surface area contributed by atoms with Crippen LogP contribution in [-0.4, -0.2) is 59.4 Å². The van der Waals surface area contributed by atoms with E-state index < -0.39 is 0 Å². The number of likely N-dealkylation sites (tertiary alicyclic amines) is 1. The topological polar surface area (TPSA) is 70.5 Å². The summed E-state index contributed by atoms with van der Waals surface area (Å²) in [5.74, 6) is 1.83. The zero-order chi connectivity index (χ0) is 14.4. The first kappa shape index (κ1) is 15.0. The van der Waals surface area contributed by atoms with Crippen LogP contribution in [0.4, 0.5) is 5.95 Å². The van der Waals surface area contributed by atoms with E-state index in [1.54, 1.807) is 19.4 Å². The zero-order valence-electron chi connectivity index (χ0n) is 12.2. The van der Waals surface area contributed by atoms with Gasteiger partial charge in [0.2, 0.25) is 11.8 Å². The first-order valence-electron chi connectivity index (χ1n) is 7.18. The van der Waals surface area contributed by atoms with E-state index in [-0.39, 0.29) is 6.10 Å². The fraction of sp³-hybridized carbons (Fsp3) is 0.714. The Morgan fingerprint density at radius 3 is 2.90 bits per heavy atom. The highest BCUT2D eigenvalue weighted by Gasteiger charge is 2.19. The maximum Gasteiger partial charge on any atom is 0.225 e. The number of methoxy groups -OCH3 is 1. The molecule has 0 saturated carbocycles. The maximum absolute atomic E-state index is 9.39. The second-order valence-corrected chi connectivity index (χ2v) is 5.40. The van der Waals surface area contributed by atoms with Gasteiger partial charge in [-0.2, -0.15) is 4.98 Å². The van der Waals surface area contributed by atoms with Gasteiger partial charge >= 0.3 is 0 Å². The number of hydrogen-bond acceptors (Lipinski definition) is 6. The largest absolute Gasteiger partial charge is 0.481 e. The predicted octanol–water partition coefficient (Wildman–Crippen LogP) is 0.990. The van der Waals surface area contributed by atoms with Gasteiger partial charge in [-0.25, -0.2) is 4.98 Å². The van der Waals surface area contributed by atoms with Crippen molar-refractivity contribution in [3.8, 4) is 5.88 Å². The van der Waals surface area contributed by atoms with Crippen LogP contribution in [0, 0.1) is 5.92 Å². The molecule has 1 atom stereocenters. The highest BCUT2D eigenvalue weighted by atomic mass is 16.5. The van der Waals surface area contributed by atoms with Crippen molar-refractivity contribution in [1.82, 2.24) is 14.9 Å². The number of nitrogens with zero attached hydrogens (tertiary/aromatic N) is 3. The Labute approximate surface area is 120 Å². The summed E-state index contributed by atoms with van der Waals surface area (Å²) in [5.41, 5.74) is 0. The Kier molecular flexibility index (Phi) is 5.55. The van der Waals surface area contributed by atoms with Crippen LogP contribution >= 0.6 is 0 Å². The van der Waals surface area contributed by atoms with Gasteiger partial charge in [-0.05, 0) is 38.8 Å². The van der Waals surface area contributed by atoms with Gasteiger partial charge in [-0.15, -0.1) is 0 Å². The molecule has 2 rings (SSSR count). The van der Waals surface area contributed by atoms with Gasteiger partial charge in [0.15, 0.2) is 0 Å². The number of rotatable bonds is 6. The summed E-state index contributed by atoms with van der Waals surface area (Å²) in [6, 6.07) is 1.74. The summed E-state index contributed by atoms with van der Waals surface area (Å²) in [5, 5.41) is 12.7. The van der Waals surface area contributed by atoms with Crippen molar-refractivity contribution in [2.45, 2.75) is 25.9 Å². The van der Waals surface area contributed by atoms with Crippen molar-refractivity contribution < 1.29 is 9.84 Å². The Bertz CT molecular complexity index is 406. The van der Waals surface area contributed by atoms with Crippen molar-refractivity contribution >= 4 is 5.95 Å². The van der Waals surface area contributed by atoms with Crippen molar-refractivity contribution in [1.29, 1.82) is 0 Å². The van der Waals surface area contributed by atoms with Crippen LogP contribution in [0.1, 0.15) is 19.8 Å². The highest BCUT2D eigenvalue weighted by molar-refractivity contribution is 5.27. The van der Waals surface area contributed by atoms with Gasteiger partial charge in [-0.3, -0.25) is 0 Å². The Balaban J connectivity index is 1.73. The van der Waals surface area contributed by atoms with Gasteiger partial charge in [0.05, 0.1) is 13.2 Å². The lowest BCUT2D eigenvalue weighted by Crippen LogP contribution is -2.39. The second-order valence-electron chi connectivity index (χ2n) is 5.40. The molecule has 2 N–H and O–H groups in total. The molecule has 2 heterocycles. The molecule has 6 heteroatoms. The number of anilines is 1. The van der Waals surface area contributed by atoms with Crippen molar-refractivity contribution in [3.63, 3.8) is 0 Å². The van der Waals surface area contributed by atoms with Crippen LogP contribution in [0.3, 0.4) is 0 Å². The average Bonchev–Trinajstić information content (AvgIpc) is 2.46. The SMILES string of the molecule is COc1ccnc(NCC2CCN(C[C@@H](C)O)CC2)n1. The average molecular weight is 280 g/mol. The number of ether oxygens (including phenoxy) is 1. The lowest BCUT2D eigenvalue weighted by molar-refractivity contribution is 0.102. The van der Waals surface area contributed by atoms with Crippen LogP contribution in [0.25, 0.3) is 0 Å². The van der Waals surface area contributed by atoms with Crippen molar-refractivity contribution in [2.75, 3.05) is 38.6 Å². The van der Waals surface area contributed by atoms with Gasteiger partial charge < -0.3 is 20.1 Å². The van der Waals surface area contributed by atoms with Gasteiger partial charge in [0, 0.05) is 25.4 Å². The number of hydrogen-bond donors (Lipinski definition) is 2. The molecule has 1 saturated heterocycles. The van der Waals surface area contributed by atoms with Gasteiger partial charge in [-0.1, -0.05) is 0 Å². The molecule has 0 aromatic carbocycles. The number of aliphatic hydroxyl groups is 1. The van der Waals surface area contributed by atoms with Crippen LogP contribution in [0.2, 0.25) is 0 Å². The van der Waals surface area contributed by atoms with Crippen LogP contribution < -0.4 is 10.1 Å². The van der Waals surface area contributed by atoms with Crippen LogP contribution in [-0.2, 0) is 0 Å². The molecule has 0 bridgehead atoms. The molecule has 0 aliphatic carbocycles. The molecular weight excluding hydrogens is 256 g/mol. The lowest BCUT2D eigenvalue weighted by Gasteiger charge is -2.32. The fourth-order valence-electron chi connectivity index (χ4n) is 2.52. The standard InChI is InChI=1S/C14H24N4O2/c1-11(19)10-18-7-4-12(5-8-18)9-16-14-15-6-3-13(17-14)20-2/h3,6,11-12,19H,4-5,7-10H2,1-2H3,(H,15,16,17)/t11-/m1/s1. The maximum atomic E-state index is 9.39. The van der Waals surface area contributed by atoms with E-state index in [2.05, 4.69) is 20.2 Å². The normalized spacial score (nSPS) is 18.8. The third-order valence-corrected chi connectivity index (χ3v) is 3.62. The van der Waals surface area contributed by atoms with Crippen LogP contribution in [0.15, 0.2) is 12.3 Å². The molecule has 1 aliphatic heterocycles. The first-order chi connectivity index (χ1) is 9.67. The number of aliphatic hydroxyl groups excluding tert-OH is 1. The van der Waals surface area contributed by atoms with E-state index in [1.165, 1.54) is 0 Å². The van der Waals surface area contributed by atoms with E-state index in [1.807, 2.05) is 6.92 Å². The van der Waals surface area contributed by atoms with Gasteiger partial charge in [0.1, 0.15) is 0 Å². The monoisotopic (exact) mass is 280 g/mol. The molecule has 1 aromatic rings. The molecule has 1 fully saturated rings. The minimum Gasteiger partial charge on any atom is -0.481 e. The molecule has 112 valence electrons. The van der Waals surface area contributed by atoms with E-state index in [0.717, 1.165) is 39.0 Å². The minimum absolute atomic E-state index is 0.241. The number of aromatic nitrogens is 2. The Morgan fingerprint density at radius 1 is 1.50 bits per heavy atom. The van der Waals surface area contributed by atoms with Crippen molar-refractivity contribution in [3.05, 3.63) is 12.3 Å². The summed E-state index contributed by atoms with van der Waals surface area (Å²) in [6.45, 7) is 5.61. The molecular formula is C14H24N4O2. The molecule has 20 heavy (non-hydrogen) atoms. The summed E-state index contributed by atoms with van der Waals surface area (Å²) >= 11 is 0. The Morgan fingerprint density at radius 2 is 2.25 bits per heavy atom. The van der Waals surface area contributed by atoms with Gasteiger partial charge in [0.25, 0.3) is 0 Å². The second kappa shape index (κ2) is 7.40. The number of piperidine rings is 1. The molecule has 1 aliphatic rings. The molecule has 0 amide bonds. The first-order valence-corrected chi connectivity index (χ1v) is 7.18. The summed E-state index contributed by atoms with van der Waals surface area (Å²) in [4.78, 5) is 10.7. The van der Waals surface area contributed by atoms with E-state index in [4.69, 9.17) is 4.74 Å². The fourth-order valence-corrected chi connectivity index (χ4v) is 2.52.